The number of nitrogens with zero attached hydrogens (tertiary/aromatic N) is 1. The number of ether oxygens (including phenoxy) is 2. The second kappa shape index (κ2) is 9.52. The van der Waals surface area contributed by atoms with Gasteiger partial charge in [-0.1, -0.05) is 13.8 Å². The Kier molecular flexibility index (Phi) is 7.07. The monoisotopic (exact) mass is 343 g/mol. The van der Waals surface area contributed by atoms with Crippen molar-refractivity contribution in [2.24, 2.45) is 5.10 Å². The summed E-state index contributed by atoms with van der Waals surface area (Å²) in [5.74, 6) is 1.18. The lowest BCUT2D eigenvalue weighted by Crippen LogP contribution is -2.19. The Bertz CT molecular complexity index is 709. The third-order valence-corrected chi connectivity index (χ3v) is 3.45. The standard InChI is InChI=1S/C19H25N3O3/c1-4-11-24-15-8-9-16(18(13-15)25-12-5-2)14(3)21-22-19(23)17-7-6-10-20-17/h6-10,13,20H,4-5,11-12H2,1-3H3,(H,22,23)/b21-14-. The molecule has 0 saturated carbocycles. The molecule has 0 radical (unpaired) electrons. The first-order valence-corrected chi connectivity index (χ1v) is 8.53. The zero-order valence-corrected chi connectivity index (χ0v) is 15.0. The van der Waals surface area contributed by atoms with E-state index in [1.165, 1.54) is 0 Å². The van der Waals surface area contributed by atoms with Crippen molar-refractivity contribution in [2.45, 2.75) is 33.6 Å². The van der Waals surface area contributed by atoms with E-state index in [0.29, 0.717) is 30.4 Å². The van der Waals surface area contributed by atoms with E-state index in [1.807, 2.05) is 25.1 Å². The zero-order chi connectivity index (χ0) is 18.1. The topological polar surface area (TPSA) is 75.7 Å². The van der Waals surface area contributed by atoms with Gasteiger partial charge in [-0.05, 0) is 44.0 Å². The van der Waals surface area contributed by atoms with Crippen molar-refractivity contribution < 1.29 is 14.3 Å². The smallest absolute Gasteiger partial charge is 0.287 e. The van der Waals surface area contributed by atoms with Crippen LogP contribution in [0.3, 0.4) is 0 Å². The largest absolute Gasteiger partial charge is 0.493 e. The number of benzene rings is 1. The van der Waals surface area contributed by atoms with Crippen molar-refractivity contribution in [2.75, 3.05) is 13.2 Å². The Morgan fingerprint density at radius 1 is 1.16 bits per heavy atom. The first-order chi connectivity index (χ1) is 12.2. The van der Waals surface area contributed by atoms with Crippen molar-refractivity contribution in [1.29, 1.82) is 0 Å². The number of hydrogen-bond donors (Lipinski definition) is 2. The summed E-state index contributed by atoms with van der Waals surface area (Å²) in [6.07, 6.45) is 3.54. The van der Waals surface area contributed by atoms with Crippen LogP contribution < -0.4 is 14.9 Å². The van der Waals surface area contributed by atoms with E-state index in [1.54, 1.807) is 18.3 Å². The molecule has 1 aromatic heterocycles. The normalized spacial score (nSPS) is 11.2. The summed E-state index contributed by atoms with van der Waals surface area (Å²) < 4.78 is 11.5. The summed E-state index contributed by atoms with van der Waals surface area (Å²) in [6, 6.07) is 9.10. The molecule has 2 N–H and O–H groups in total. The Morgan fingerprint density at radius 2 is 1.92 bits per heavy atom. The van der Waals surface area contributed by atoms with Gasteiger partial charge in [0.25, 0.3) is 5.91 Å². The second-order valence-corrected chi connectivity index (χ2v) is 5.58. The molecule has 0 aliphatic rings. The summed E-state index contributed by atoms with van der Waals surface area (Å²) in [6.45, 7) is 7.20. The lowest BCUT2D eigenvalue weighted by molar-refractivity contribution is 0.0950. The Morgan fingerprint density at radius 3 is 2.60 bits per heavy atom. The SMILES string of the molecule is CCCOc1ccc(/C(C)=N\NC(=O)c2ccc[nH]2)c(OCCC)c1. The average molecular weight is 343 g/mol. The first-order valence-electron chi connectivity index (χ1n) is 8.53. The molecule has 0 aliphatic heterocycles. The average Bonchev–Trinajstić information content (AvgIpc) is 3.17. The quantitative estimate of drug-likeness (QED) is 0.538. The number of nitrogens with one attached hydrogen (secondary N) is 2. The molecule has 0 atom stereocenters. The van der Waals surface area contributed by atoms with E-state index >= 15 is 0 Å². The van der Waals surface area contributed by atoms with Crippen LogP contribution in [0.5, 0.6) is 11.5 Å². The van der Waals surface area contributed by atoms with Crippen molar-refractivity contribution in [3.8, 4) is 11.5 Å². The van der Waals surface area contributed by atoms with Crippen molar-refractivity contribution >= 4 is 11.6 Å². The maximum atomic E-state index is 12.0. The van der Waals surface area contributed by atoms with Gasteiger partial charge in [0.05, 0.1) is 18.9 Å². The van der Waals surface area contributed by atoms with Gasteiger partial charge in [-0.2, -0.15) is 5.10 Å². The van der Waals surface area contributed by atoms with Crippen LogP contribution in [0.1, 0.15) is 49.7 Å². The van der Waals surface area contributed by atoms with Gasteiger partial charge in [-0.15, -0.1) is 0 Å². The highest BCUT2D eigenvalue weighted by Crippen LogP contribution is 2.26. The highest BCUT2D eigenvalue weighted by Gasteiger charge is 2.11. The molecular formula is C19H25N3O3. The molecule has 1 heterocycles. The van der Waals surface area contributed by atoms with Crippen LogP contribution in [0.4, 0.5) is 0 Å². The molecule has 0 aliphatic carbocycles. The number of aromatic nitrogens is 1. The number of aromatic amines is 1. The second-order valence-electron chi connectivity index (χ2n) is 5.58. The molecule has 6 heteroatoms. The van der Waals surface area contributed by atoms with Crippen molar-refractivity contribution in [1.82, 2.24) is 10.4 Å². The minimum atomic E-state index is -0.289. The molecule has 0 fully saturated rings. The highest BCUT2D eigenvalue weighted by atomic mass is 16.5. The van der Waals surface area contributed by atoms with Crippen LogP contribution >= 0.6 is 0 Å². The van der Waals surface area contributed by atoms with E-state index in [-0.39, 0.29) is 5.91 Å². The number of amides is 1. The molecule has 25 heavy (non-hydrogen) atoms. The van der Waals surface area contributed by atoms with Gasteiger partial charge < -0.3 is 14.5 Å². The predicted octanol–water partition coefficient (Wildman–Crippen LogP) is 3.75. The molecule has 1 aromatic carbocycles. The first kappa shape index (κ1) is 18.6. The van der Waals surface area contributed by atoms with E-state index in [4.69, 9.17) is 9.47 Å². The van der Waals surface area contributed by atoms with E-state index in [9.17, 15) is 4.79 Å². The molecule has 2 aromatic rings. The van der Waals surface area contributed by atoms with Crippen LogP contribution in [-0.4, -0.2) is 29.8 Å². The maximum Gasteiger partial charge on any atom is 0.287 e. The van der Waals surface area contributed by atoms with Gasteiger partial charge >= 0.3 is 0 Å². The lowest BCUT2D eigenvalue weighted by atomic mass is 10.1. The predicted molar refractivity (Wildman–Crippen MR) is 98.5 cm³/mol. The summed E-state index contributed by atoms with van der Waals surface area (Å²) in [4.78, 5) is 14.8. The van der Waals surface area contributed by atoms with Gasteiger partial charge in [0.1, 0.15) is 17.2 Å². The van der Waals surface area contributed by atoms with Gasteiger partial charge in [-0.25, -0.2) is 5.43 Å². The number of carbonyl (C=O) groups excluding carboxylic acids is 1. The summed E-state index contributed by atoms with van der Waals surface area (Å²) >= 11 is 0. The van der Waals surface area contributed by atoms with Crippen molar-refractivity contribution in [3.05, 3.63) is 47.8 Å². The minimum Gasteiger partial charge on any atom is -0.493 e. The van der Waals surface area contributed by atoms with Crippen LogP contribution in [0.2, 0.25) is 0 Å². The fourth-order valence-corrected chi connectivity index (χ4v) is 2.17. The number of hydrogen-bond acceptors (Lipinski definition) is 4. The highest BCUT2D eigenvalue weighted by molar-refractivity contribution is 6.02. The maximum absolute atomic E-state index is 12.0. The molecule has 0 saturated heterocycles. The summed E-state index contributed by atoms with van der Waals surface area (Å²) in [7, 11) is 0. The fraction of sp³-hybridized carbons (Fsp3) is 0.368. The molecular weight excluding hydrogens is 318 g/mol. The molecule has 134 valence electrons. The fourth-order valence-electron chi connectivity index (χ4n) is 2.17. The number of hydrazone groups is 1. The molecule has 1 amide bonds. The molecule has 2 rings (SSSR count). The van der Waals surface area contributed by atoms with E-state index in [0.717, 1.165) is 24.2 Å². The summed E-state index contributed by atoms with van der Waals surface area (Å²) in [5, 5.41) is 4.19. The third-order valence-electron chi connectivity index (χ3n) is 3.45. The minimum absolute atomic E-state index is 0.289. The lowest BCUT2D eigenvalue weighted by Gasteiger charge is -2.13. The van der Waals surface area contributed by atoms with Crippen LogP contribution in [0.15, 0.2) is 41.6 Å². The van der Waals surface area contributed by atoms with Crippen LogP contribution in [0.25, 0.3) is 0 Å². The molecule has 6 nitrogen and oxygen atoms in total. The Labute approximate surface area is 148 Å². The number of carbonyl (C=O) groups is 1. The van der Waals surface area contributed by atoms with Crippen LogP contribution in [-0.2, 0) is 0 Å². The number of H-pyrrole nitrogens is 1. The van der Waals surface area contributed by atoms with Gasteiger partial charge in [0.2, 0.25) is 0 Å². The van der Waals surface area contributed by atoms with Gasteiger partial charge in [-0.3, -0.25) is 4.79 Å². The van der Waals surface area contributed by atoms with E-state index in [2.05, 4.69) is 29.4 Å². The Balaban J connectivity index is 2.16. The third kappa shape index (κ3) is 5.38. The molecule has 0 bridgehead atoms. The summed E-state index contributed by atoms with van der Waals surface area (Å²) in [5.41, 5.74) is 4.49. The zero-order valence-electron chi connectivity index (χ0n) is 15.0. The molecule has 0 unspecified atom stereocenters. The number of rotatable bonds is 9. The van der Waals surface area contributed by atoms with Gasteiger partial charge in [0.15, 0.2) is 0 Å². The van der Waals surface area contributed by atoms with Gasteiger partial charge in [0, 0.05) is 17.8 Å². The Hall–Kier alpha value is -2.76. The van der Waals surface area contributed by atoms with E-state index < -0.39 is 0 Å². The molecule has 0 spiro atoms. The van der Waals surface area contributed by atoms with Crippen LogP contribution in [0, 0.1) is 0 Å². The van der Waals surface area contributed by atoms with Crippen molar-refractivity contribution in [3.63, 3.8) is 0 Å².